The second kappa shape index (κ2) is 9.45. The molecule has 0 saturated carbocycles. The number of methoxy groups -OCH3 is 2. The van der Waals surface area contributed by atoms with Crippen molar-refractivity contribution in [2.24, 2.45) is 0 Å². The molecule has 0 spiro atoms. The molecule has 0 aliphatic carbocycles. The average molecular weight is 420 g/mol. The molecule has 1 aliphatic rings. The first kappa shape index (κ1) is 21.4. The van der Waals surface area contributed by atoms with Gasteiger partial charge < -0.3 is 19.9 Å². The maximum atomic E-state index is 12.8. The van der Waals surface area contributed by atoms with Crippen LogP contribution in [0.5, 0.6) is 17.4 Å². The Labute approximate surface area is 175 Å². The summed E-state index contributed by atoms with van der Waals surface area (Å²) in [5.41, 5.74) is 1.85. The van der Waals surface area contributed by atoms with Crippen LogP contribution in [0.15, 0.2) is 16.9 Å². The molecule has 1 aromatic heterocycles. The highest BCUT2D eigenvalue weighted by atomic mass is 32.1. The minimum atomic E-state index is -0.459. The van der Waals surface area contributed by atoms with Gasteiger partial charge in [-0.2, -0.15) is 0 Å². The van der Waals surface area contributed by atoms with Gasteiger partial charge in [0.1, 0.15) is 0 Å². The van der Waals surface area contributed by atoms with Crippen LogP contribution in [0.25, 0.3) is 0 Å². The standard InChI is InChI=1S/C21H29N3O4S/c1-4-5-6-7-10-24-20(26)17(19(25)23-21(24)29)18-14-12-16(28-3)15(27-2)11-13(14)8-9-22-18/h11-12,18,22,26H,4-10H2,1-3H3,(H,23,25,29). The van der Waals surface area contributed by atoms with Crippen LogP contribution >= 0.6 is 12.2 Å². The fourth-order valence-corrected chi connectivity index (χ4v) is 4.15. The molecule has 2 heterocycles. The number of benzene rings is 1. The first-order chi connectivity index (χ1) is 14.0. The average Bonchev–Trinajstić information content (AvgIpc) is 2.72. The zero-order chi connectivity index (χ0) is 21.0. The van der Waals surface area contributed by atoms with E-state index in [1.165, 1.54) is 0 Å². The lowest BCUT2D eigenvalue weighted by atomic mass is 9.90. The molecule has 0 saturated heterocycles. The summed E-state index contributed by atoms with van der Waals surface area (Å²) in [6.45, 7) is 3.40. The normalized spacial score (nSPS) is 15.8. The van der Waals surface area contributed by atoms with Gasteiger partial charge in [0.05, 0.1) is 25.8 Å². The number of aromatic hydroxyl groups is 1. The number of hydrogen-bond acceptors (Lipinski definition) is 6. The number of aromatic amines is 1. The van der Waals surface area contributed by atoms with E-state index in [-0.39, 0.29) is 21.8 Å². The van der Waals surface area contributed by atoms with Crippen LogP contribution < -0.4 is 20.3 Å². The van der Waals surface area contributed by atoms with Crippen molar-refractivity contribution >= 4 is 12.2 Å². The molecular formula is C21H29N3O4S. The smallest absolute Gasteiger partial charge is 0.260 e. The highest BCUT2D eigenvalue weighted by Gasteiger charge is 2.29. The van der Waals surface area contributed by atoms with E-state index in [4.69, 9.17) is 21.7 Å². The minimum absolute atomic E-state index is 0.0737. The number of unbranched alkanes of at least 4 members (excludes halogenated alkanes) is 3. The summed E-state index contributed by atoms with van der Waals surface area (Å²) in [6.07, 6.45) is 4.99. The summed E-state index contributed by atoms with van der Waals surface area (Å²) >= 11 is 5.31. The molecule has 0 bridgehead atoms. The van der Waals surface area contributed by atoms with Crippen molar-refractivity contribution in [1.29, 1.82) is 0 Å². The number of nitrogens with zero attached hydrogens (tertiary/aromatic N) is 1. The lowest BCUT2D eigenvalue weighted by molar-refractivity contribution is 0.352. The predicted octanol–water partition coefficient (Wildman–Crippen LogP) is 3.44. The lowest BCUT2D eigenvalue weighted by Crippen LogP contribution is -2.35. The fourth-order valence-electron chi connectivity index (χ4n) is 3.88. The highest BCUT2D eigenvalue weighted by molar-refractivity contribution is 7.71. The Hall–Kier alpha value is -2.32. The summed E-state index contributed by atoms with van der Waals surface area (Å²) in [6, 6.07) is 3.35. The number of fused-ring (bicyclic) bond motifs is 1. The summed E-state index contributed by atoms with van der Waals surface area (Å²) in [7, 11) is 3.18. The lowest BCUT2D eigenvalue weighted by Gasteiger charge is -2.29. The van der Waals surface area contributed by atoms with E-state index in [1.54, 1.807) is 18.8 Å². The number of H-pyrrole nitrogens is 1. The molecule has 29 heavy (non-hydrogen) atoms. The Bertz CT molecular complexity index is 983. The Morgan fingerprint density at radius 1 is 1.21 bits per heavy atom. The number of hydrogen-bond donors (Lipinski definition) is 3. The molecule has 1 unspecified atom stereocenters. The van der Waals surface area contributed by atoms with Gasteiger partial charge in [-0.25, -0.2) is 0 Å². The first-order valence-corrected chi connectivity index (χ1v) is 10.5. The molecule has 1 aliphatic heterocycles. The maximum absolute atomic E-state index is 12.8. The topological polar surface area (TPSA) is 88.5 Å². The van der Waals surface area contributed by atoms with Crippen molar-refractivity contribution in [2.75, 3.05) is 20.8 Å². The zero-order valence-electron chi connectivity index (χ0n) is 17.2. The maximum Gasteiger partial charge on any atom is 0.260 e. The Morgan fingerprint density at radius 2 is 1.93 bits per heavy atom. The molecule has 8 heteroatoms. The van der Waals surface area contributed by atoms with Crippen LogP contribution in [0.4, 0.5) is 0 Å². The van der Waals surface area contributed by atoms with Gasteiger partial charge in [-0.3, -0.25) is 14.3 Å². The highest BCUT2D eigenvalue weighted by Crippen LogP contribution is 2.38. The number of ether oxygens (including phenoxy) is 2. The molecule has 0 amide bonds. The van der Waals surface area contributed by atoms with Gasteiger partial charge in [0.2, 0.25) is 5.88 Å². The number of aromatic nitrogens is 2. The molecular weight excluding hydrogens is 390 g/mol. The summed E-state index contributed by atoms with van der Waals surface area (Å²) in [4.78, 5) is 15.5. The third-order valence-electron chi connectivity index (χ3n) is 5.43. The van der Waals surface area contributed by atoms with E-state index < -0.39 is 6.04 Å². The largest absolute Gasteiger partial charge is 0.494 e. The number of nitrogens with one attached hydrogen (secondary N) is 2. The summed E-state index contributed by atoms with van der Waals surface area (Å²) in [5, 5.41) is 14.4. The number of rotatable bonds is 8. The van der Waals surface area contributed by atoms with Crippen LogP contribution in [-0.4, -0.2) is 35.4 Å². The summed E-state index contributed by atoms with van der Waals surface area (Å²) in [5.74, 6) is 1.16. The van der Waals surface area contributed by atoms with E-state index in [0.717, 1.165) is 43.2 Å². The van der Waals surface area contributed by atoms with Crippen molar-refractivity contribution in [2.45, 2.75) is 51.6 Å². The van der Waals surface area contributed by atoms with Crippen molar-refractivity contribution in [3.05, 3.63) is 43.9 Å². The third-order valence-corrected chi connectivity index (χ3v) is 5.75. The molecule has 3 rings (SSSR count). The van der Waals surface area contributed by atoms with Crippen molar-refractivity contribution < 1.29 is 14.6 Å². The van der Waals surface area contributed by atoms with Crippen molar-refractivity contribution in [3.8, 4) is 17.4 Å². The molecule has 3 N–H and O–H groups in total. The van der Waals surface area contributed by atoms with Crippen LogP contribution in [0.1, 0.15) is 55.3 Å². The third kappa shape index (κ3) is 4.33. The van der Waals surface area contributed by atoms with Gasteiger partial charge >= 0.3 is 0 Å². The molecule has 1 aromatic carbocycles. The van der Waals surface area contributed by atoms with Crippen molar-refractivity contribution in [3.63, 3.8) is 0 Å². The first-order valence-electron chi connectivity index (χ1n) is 10.1. The van der Waals surface area contributed by atoms with E-state index in [2.05, 4.69) is 17.2 Å². The van der Waals surface area contributed by atoms with Crippen LogP contribution in [0, 0.1) is 4.77 Å². The predicted molar refractivity (Wildman–Crippen MR) is 115 cm³/mol. The second-order valence-electron chi connectivity index (χ2n) is 7.25. The van der Waals surface area contributed by atoms with Crippen LogP contribution in [-0.2, 0) is 13.0 Å². The SMILES string of the molecule is CCCCCCn1c(O)c(C2NCCc3cc(OC)c(OC)cc32)c(=O)[nH]c1=S. The summed E-state index contributed by atoms with van der Waals surface area (Å²) < 4.78 is 12.7. The van der Waals surface area contributed by atoms with E-state index in [9.17, 15) is 9.90 Å². The van der Waals surface area contributed by atoms with Crippen LogP contribution in [0.2, 0.25) is 0 Å². The van der Waals surface area contributed by atoms with Crippen LogP contribution in [0.3, 0.4) is 0 Å². The molecule has 0 fully saturated rings. The Balaban J connectivity index is 2.06. The Kier molecular flexibility index (Phi) is 6.97. The molecule has 158 valence electrons. The second-order valence-corrected chi connectivity index (χ2v) is 7.64. The fraction of sp³-hybridized carbons (Fsp3) is 0.524. The zero-order valence-corrected chi connectivity index (χ0v) is 18.0. The Morgan fingerprint density at radius 3 is 2.62 bits per heavy atom. The monoisotopic (exact) mass is 419 g/mol. The minimum Gasteiger partial charge on any atom is -0.494 e. The molecule has 2 aromatic rings. The van der Waals surface area contributed by atoms with Gasteiger partial charge in [-0.05, 0) is 48.3 Å². The van der Waals surface area contributed by atoms with Gasteiger partial charge in [0.15, 0.2) is 16.3 Å². The van der Waals surface area contributed by atoms with E-state index >= 15 is 0 Å². The van der Waals surface area contributed by atoms with Gasteiger partial charge in [0.25, 0.3) is 5.56 Å². The quantitative estimate of drug-likeness (QED) is 0.449. The van der Waals surface area contributed by atoms with Gasteiger partial charge in [-0.15, -0.1) is 0 Å². The van der Waals surface area contributed by atoms with Gasteiger partial charge in [-0.1, -0.05) is 26.2 Å². The van der Waals surface area contributed by atoms with E-state index in [0.29, 0.717) is 24.6 Å². The molecule has 0 radical (unpaired) electrons. The van der Waals surface area contributed by atoms with E-state index in [1.807, 2.05) is 12.1 Å². The van der Waals surface area contributed by atoms with Gasteiger partial charge in [0, 0.05) is 13.1 Å². The van der Waals surface area contributed by atoms with Crippen molar-refractivity contribution in [1.82, 2.24) is 14.9 Å². The molecule has 1 atom stereocenters. The molecule has 7 nitrogen and oxygen atoms in total.